The molecule has 0 radical (unpaired) electrons. The maximum Gasteiger partial charge on any atom is 0.262 e. The minimum atomic E-state index is -0.302. The molecule has 1 saturated heterocycles. The fraction of sp³-hybridized carbons (Fsp3) is 0.385. The highest BCUT2D eigenvalue weighted by molar-refractivity contribution is 5.97. The molecule has 2 heterocycles. The summed E-state index contributed by atoms with van der Waals surface area (Å²) in [5.41, 5.74) is 7.90. The molecule has 1 unspecified atom stereocenters. The Morgan fingerprint density at radius 3 is 3.00 bits per heavy atom. The van der Waals surface area contributed by atoms with Crippen LogP contribution in [0.15, 0.2) is 12.1 Å². The number of benzene rings is 1. The molecule has 7 heteroatoms. The van der Waals surface area contributed by atoms with Crippen molar-refractivity contribution in [2.24, 2.45) is 0 Å². The van der Waals surface area contributed by atoms with Gasteiger partial charge in [-0.3, -0.25) is 9.59 Å². The maximum absolute atomic E-state index is 11.7. The van der Waals surface area contributed by atoms with E-state index in [-0.39, 0.29) is 24.5 Å². The van der Waals surface area contributed by atoms with Crippen LogP contribution in [0.4, 0.5) is 17.1 Å². The normalized spacial score (nSPS) is 21.6. The van der Waals surface area contributed by atoms with Crippen LogP contribution in [0.1, 0.15) is 6.92 Å². The van der Waals surface area contributed by atoms with Crippen LogP contribution in [0.2, 0.25) is 0 Å². The molecule has 0 saturated carbocycles. The average molecular weight is 276 g/mol. The van der Waals surface area contributed by atoms with E-state index >= 15 is 0 Å². The van der Waals surface area contributed by atoms with E-state index in [9.17, 15) is 9.59 Å². The molecule has 0 aliphatic carbocycles. The van der Waals surface area contributed by atoms with Crippen LogP contribution in [0.3, 0.4) is 0 Å². The van der Waals surface area contributed by atoms with Crippen molar-refractivity contribution < 1.29 is 14.3 Å². The Balaban J connectivity index is 1.99. The summed E-state index contributed by atoms with van der Waals surface area (Å²) in [5.74, 6) is 0.325. The van der Waals surface area contributed by atoms with Gasteiger partial charge < -0.3 is 26.0 Å². The number of anilines is 3. The van der Waals surface area contributed by atoms with Gasteiger partial charge in [0.05, 0.1) is 17.1 Å². The standard InChI is InChI=1S/C13H16N4O3/c1-7-13(19)15-2-3-17(7)10-5-9-11(4-8(10)14)20-6-12(18)16-9/h4-5,7H,2-3,6,14H2,1H3,(H,15,19)(H,16,18). The van der Waals surface area contributed by atoms with E-state index in [0.717, 1.165) is 5.69 Å². The number of ether oxygens (including phenoxy) is 1. The van der Waals surface area contributed by atoms with Gasteiger partial charge in [0, 0.05) is 19.2 Å². The first-order valence-corrected chi connectivity index (χ1v) is 6.47. The largest absolute Gasteiger partial charge is 0.482 e. The Labute approximate surface area is 116 Å². The van der Waals surface area contributed by atoms with E-state index in [2.05, 4.69) is 10.6 Å². The van der Waals surface area contributed by atoms with Crippen molar-refractivity contribution in [3.05, 3.63) is 12.1 Å². The zero-order valence-electron chi connectivity index (χ0n) is 11.1. The van der Waals surface area contributed by atoms with E-state index < -0.39 is 0 Å². The number of fused-ring (bicyclic) bond motifs is 1. The number of nitrogen functional groups attached to an aromatic ring is 1. The second-order valence-electron chi connectivity index (χ2n) is 4.90. The Bertz CT molecular complexity index is 587. The first-order valence-electron chi connectivity index (χ1n) is 6.47. The molecule has 0 bridgehead atoms. The van der Waals surface area contributed by atoms with Gasteiger partial charge >= 0.3 is 0 Å². The molecule has 1 aromatic carbocycles. The van der Waals surface area contributed by atoms with Gasteiger partial charge in [-0.2, -0.15) is 0 Å². The second-order valence-corrected chi connectivity index (χ2v) is 4.90. The molecule has 106 valence electrons. The van der Waals surface area contributed by atoms with E-state index in [1.807, 2.05) is 11.8 Å². The highest BCUT2D eigenvalue weighted by atomic mass is 16.5. The quantitative estimate of drug-likeness (QED) is 0.624. The van der Waals surface area contributed by atoms with Crippen LogP contribution < -0.4 is 26.0 Å². The lowest BCUT2D eigenvalue weighted by Gasteiger charge is -2.36. The van der Waals surface area contributed by atoms with E-state index in [4.69, 9.17) is 10.5 Å². The lowest BCUT2D eigenvalue weighted by molar-refractivity contribution is -0.123. The molecular formula is C13H16N4O3. The lowest BCUT2D eigenvalue weighted by Crippen LogP contribution is -2.54. The topological polar surface area (TPSA) is 96.7 Å². The van der Waals surface area contributed by atoms with Crippen molar-refractivity contribution in [1.29, 1.82) is 0 Å². The van der Waals surface area contributed by atoms with E-state index in [0.29, 0.717) is 30.2 Å². The maximum atomic E-state index is 11.7. The van der Waals surface area contributed by atoms with Crippen molar-refractivity contribution in [3.63, 3.8) is 0 Å². The van der Waals surface area contributed by atoms with Crippen molar-refractivity contribution in [2.45, 2.75) is 13.0 Å². The summed E-state index contributed by atoms with van der Waals surface area (Å²) in [6.07, 6.45) is 0. The van der Waals surface area contributed by atoms with Gasteiger partial charge in [-0.05, 0) is 13.0 Å². The molecule has 1 atom stereocenters. The van der Waals surface area contributed by atoms with Crippen LogP contribution in [0, 0.1) is 0 Å². The molecule has 7 nitrogen and oxygen atoms in total. The van der Waals surface area contributed by atoms with Gasteiger partial charge in [-0.15, -0.1) is 0 Å². The van der Waals surface area contributed by atoms with Crippen molar-refractivity contribution in [1.82, 2.24) is 5.32 Å². The number of piperazine rings is 1. The fourth-order valence-corrected chi connectivity index (χ4v) is 2.49. The summed E-state index contributed by atoms with van der Waals surface area (Å²) in [6, 6.07) is 3.14. The van der Waals surface area contributed by atoms with Gasteiger partial charge in [0.1, 0.15) is 11.8 Å². The number of rotatable bonds is 1. The number of hydrogen-bond donors (Lipinski definition) is 3. The predicted molar refractivity (Wildman–Crippen MR) is 74.8 cm³/mol. The Kier molecular flexibility index (Phi) is 2.89. The number of carbonyl (C=O) groups is 2. The number of nitrogens with two attached hydrogens (primary N) is 1. The van der Waals surface area contributed by atoms with Crippen LogP contribution in [-0.4, -0.2) is 37.6 Å². The van der Waals surface area contributed by atoms with Crippen LogP contribution in [0.5, 0.6) is 5.75 Å². The molecular weight excluding hydrogens is 260 g/mol. The molecule has 3 rings (SSSR count). The molecule has 0 aromatic heterocycles. The van der Waals surface area contributed by atoms with Crippen LogP contribution in [0.25, 0.3) is 0 Å². The van der Waals surface area contributed by atoms with Crippen molar-refractivity contribution in [2.75, 3.05) is 35.6 Å². The minimum Gasteiger partial charge on any atom is -0.482 e. The molecule has 20 heavy (non-hydrogen) atoms. The van der Waals surface area contributed by atoms with Crippen molar-refractivity contribution >= 4 is 28.9 Å². The third-order valence-electron chi connectivity index (χ3n) is 3.57. The molecule has 4 N–H and O–H groups in total. The van der Waals surface area contributed by atoms with Crippen LogP contribution in [-0.2, 0) is 9.59 Å². The SMILES string of the molecule is CC1C(=O)NCCN1c1cc2c(cc1N)OCC(=O)N2. The summed E-state index contributed by atoms with van der Waals surface area (Å²) in [6.45, 7) is 3.06. The Hall–Kier alpha value is -2.44. The first kappa shape index (κ1) is 12.6. The molecule has 1 fully saturated rings. The van der Waals surface area contributed by atoms with E-state index in [1.165, 1.54) is 0 Å². The molecule has 2 amide bonds. The highest BCUT2D eigenvalue weighted by Crippen LogP contribution is 2.37. The monoisotopic (exact) mass is 276 g/mol. The number of hydrogen-bond acceptors (Lipinski definition) is 5. The number of amides is 2. The zero-order valence-corrected chi connectivity index (χ0v) is 11.1. The second kappa shape index (κ2) is 4.59. The Morgan fingerprint density at radius 2 is 2.20 bits per heavy atom. The lowest BCUT2D eigenvalue weighted by atomic mass is 10.1. The van der Waals surface area contributed by atoms with E-state index in [1.54, 1.807) is 12.1 Å². The summed E-state index contributed by atoms with van der Waals surface area (Å²) in [4.78, 5) is 25.0. The van der Waals surface area contributed by atoms with Gasteiger partial charge in [-0.1, -0.05) is 0 Å². The van der Waals surface area contributed by atoms with Gasteiger partial charge in [0.15, 0.2) is 6.61 Å². The van der Waals surface area contributed by atoms with Gasteiger partial charge in [0.25, 0.3) is 5.91 Å². The number of nitrogens with zero attached hydrogens (tertiary/aromatic N) is 1. The predicted octanol–water partition coefficient (Wildman–Crippen LogP) is -0.0756. The number of carbonyl (C=O) groups excluding carboxylic acids is 2. The first-order chi connectivity index (χ1) is 9.56. The third-order valence-corrected chi connectivity index (χ3v) is 3.57. The average Bonchev–Trinajstić information content (AvgIpc) is 2.42. The van der Waals surface area contributed by atoms with Gasteiger partial charge in [0.2, 0.25) is 5.91 Å². The highest BCUT2D eigenvalue weighted by Gasteiger charge is 2.28. The molecule has 0 spiro atoms. The summed E-state index contributed by atoms with van der Waals surface area (Å²) < 4.78 is 5.32. The van der Waals surface area contributed by atoms with Gasteiger partial charge in [-0.25, -0.2) is 0 Å². The van der Waals surface area contributed by atoms with Crippen molar-refractivity contribution in [3.8, 4) is 5.75 Å². The summed E-state index contributed by atoms with van der Waals surface area (Å²) in [7, 11) is 0. The zero-order chi connectivity index (χ0) is 14.3. The summed E-state index contributed by atoms with van der Waals surface area (Å²) >= 11 is 0. The smallest absolute Gasteiger partial charge is 0.262 e. The summed E-state index contributed by atoms with van der Waals surface area (Å²) in [5, 5.41) is 5.55. The van der Waals surface area contributed by atoms with Crippen LogP contribution >= 0.6 is 0 Å². The number of nitrogens with one attached hydrogen (secondary N) is 2. The Morgan fingerprint density at radius 1 is 1.40 bits per heavy atom. The molecule has 1 aromatic rings. The molecule has 2 aliphatic rings. The fourth-order valence-electron chi connectivity index (χ4n) is 2.49. The molecule has 2 aliphatic heterocycles. The third kappa shape index (κ3) is 2.01. The minimum absolute atomic E-state index is 0.00565.